The zero-order chi connectivity index (χ0) is 17.6. The van der Waals surface area contributed by atoms with Gasteiger partial charge < -0.3 is 15.4 Å². The van der Waals surface area contributed by atoms with Gasteiger partial charge in [0, 0.05) is 24.3 Å². The highest BCUT2D eigenvalue weighted by molar-refractivity contribution is 5.98. The summed E-state index contributed by atoms with van der Waals surface area (Å²) >= 11 is 0. The maximum Gasteiger partial charge on any atom is 0.265 e. The van der Waals surface area contributed by atoms with Gasteiger partial charge in [0.05, 0.1) is 17.1 Å². The Morgan fingerprint density at radius 3 is 2.88 bits per heavy atom. The molecule has 128 valence electrons. The summed E-state index contributed by atoms with van der Waals surface area (Å²) in [6, 6.07) is 11.8. The van der Waals surface area contributed by atoms with Crippen molar-refractivity contribution in [3.63, 3.8) is 0 Å². The molecule has 6 nitrogen and oxygen atoms in total. The first-order chi connectivity index (χ1) is 12.1. The van der Waals surface area contributed by atoms with Gasteiger partial charge in [-0.1, -0.05) is 6.07 Å². The number of pyridine rings is 1. The molecule has 2 N–H and O–H groups in total. The Morgan fingerprint density at radius 1 is 1.28 bits per heavy atom. The number of aromatic nitrogens is 2. The van der Waals surface area contributed by atoms with Crippen LogP contribution in [0.1, 0.15) is 18.3 Å². The summed E-state index contributed by atoms with van der Waals surface area (Å²) < 4.78 is 7.63. The van der Waals surface area contributed by atoms with Gasteiger partial charge in [0.15, 0.2) is 6.61 Å². The van der Waals surface area contributed by atoms with Crippen LogP contribution in [0.15, 0.2) is 36.4 Å². The van der Waals surface area contributed by atoms with Gasteiger partial charge in [0.2, 0.25) is 0 Å². The van der Waals surface area contributed by atoms with Crippen molar-refractivity contribution in [1.82, 2.24) is 9.38 Å². The van der Waals surface area contributed by atoms with E-state index in [0.717, 1.165) is 39.7 Å². The van der Waals surface area contributed by atoms with Gasteiger partial charge in [0.1, 0.15) is 11.4 Å². The number of anilines is 1. The number of amides is 1. The van der Waals surface area contributed by atoms with Gasteiger partial charge in [-0.15, -0.1) is 0 Å². The normalized spacial score (nSPS) is 13.9. The number of likely N-dealkylation sites (N-methyl/N-ethyl adjacent to an activating group) is 1. The van der Waals surface area contributed by atoms with Gasteiger partial charge >= 0.3 is 0 Å². The monoisotopic (exact) mass is 336 g/mol. The summed E-state index contributed by atoms with van der Waals surface area (Å²) in [5, 5.41) is 0. The average molecular weight is 336 g/mol. The van der Waals surface area contributed by atoms with Gasteiger partial charge in [-0.2, -0.15) is 0 Å². The lowest BCUT2D eigenvalue weighted by molar-refractivity contribution is -0.121. The van der Waals surface area contributed by atoms with Crippen molar-refractivity contribution in [1.29, 1.82) is 0 Å². The van der Waals surface area contributed by atoms with E-state index in [4.69, 9.17) is 15.5 Å². The molecule has 0 radical (unpaired) electrons. The fourth-order valence-electron chi connectivity index (χ4n) is 3.44. The predicted molar refractivity (Wildman–Crippen MR) is 96.8 cm³/mol. The van der Waals surface area contributed by atoms with E-state index in [1.165, 1.54) is 0 Å². The van der Waals surface area contributed by atoms with E-state index < -0.39 is 0 Å². The standard InChI is InChI=1S/C19H20N4O2/c1-3-22-14-9-13(7-8-16(14)25-11-18(22)24)19-15(10-20)23-12(2)5-4-6-17(23)21-19/h4-9H,3,10-11,20H2,1-2H3. The molecule has 1 aromatic carbocycles. The van der Waals surface area contributed by atoms with Crippen LogP contribution in [0.25, 0.3) is 16.9 Å². The second-order valence-corrected chi connectivity index (χ2v) is 6.08. The van der Waals surface area contributed by atoms with Crippen LogP contribution >= 0.6 is 0 Å². The molecule has 0 aliphatic carbocycles. The third kappa shape index (κ3) is 2.37. The maximum absolute atomic E-state index is 12.1. The molecule has 0 atom stereocenters. The lowest BCUT2D eigenvalue weighted by Crippen LogP contribution is -2.38. The van der Waals surface area contributed by atoms with Crippen LogP contribution in [0.3, 0.4) is 0 Å². The third-order valence-electron chi connectivity index (χ3n) is 4.62. The maximum atomic E-state index is 12.1. The SMILES string of the molecule is CCN1C(=O)COc2ccc(-c3nc4cccc(C)n4c3CN)cc21. The zero-order valence-corrected chi connectivity index (χ0v) is 14.3. The number of nitrogens with zero attached hydrogens (tertiary/aromatic N) is 3. The third-order valence-corrected chi connectivity index (χ3v) is 4.62. The highest BCUT2D eigenvalue weighted by Gasteiger charge is 2.25. The van der Waals surface area contributed by atoms with E-state index in [1.807, 2.05) is 50.2 Å². The molecule has 0 fully saturated rings. The van der Waals surface area contributed by atoms with Crippen molar-refractivity contribution in [2.45, 2.75) is 20.4 Å². The van der Waals surface area contributed by atoms with E-state index in [-0.39, 0.29) is 12.5 Å². The molecule has 0 spiro atoms. The number of nitrogens with two attached hydrogens (primary N) is 1. The van der Waals surface area contributed by atoms with Gasteiger partial charge in [-0.05, 0) is 44.2 Å². The smallest absolute Gasteiger partial charge is 0.265 e. The Labute approximate surface area is 145 Å². The number of benzene rings is 1. The summed E-state index contributed by atoms with van der Waals surface area (Å²) in [6.45, 7) is 5.06. The number of rotatable bonds is 3. The van der Waals surface area contributed by atoms with Crippen LogP contribution < -0.4 is 15.4 Å². The minimum Gasteiger partial charge on any atom is -0.482 e. The Kier molecular flexibility index (Phi) is 3.69. The van der Waals surface area contributed by atoms with Crippen LogP contribution in [0, 0.1) is 6.92 Å². The van der Waals surface area contributed by atoms with Gasteiger partial charge in [-0.25, -0.2) is 4.98 Å². The average Bonchev–Trinajstić information content (AvgIpc) is 3.01. The molecule has 6 heteroatoms. The Morgan fingerprint density at radius 2 is 2.12 bits per heavy atom. The van der Waals surface area contributed by atoms with E-state index in [0.29, 0.717) is 13.1 Å². The molecule has 2 aromatic heterocycles. The van der Waals surface area contributed by atoms with Gasteiger partial charge in [0.25, 0.3) is 5.91 Å². The number of ether oxygens (including phenoxy) is 1. The molecular formula is C19H20N4O2. The fraction of sp³-hybridized carbons (Fsp3) is 0.263. The molecule has 25 heavy (non-hydrogen) atoms. The molecule has 0 saturated heterocycles. The summed E-state index contributed by atoms with van der Waals surface area (Å²) in [6.07, 6.45) is 0. The van der Waals surface area contributed by atoms with Crippen LogP contribution in [-0.2, 0) is 11.3 Å². The first-order valence-corrected chi connectivity index (χ1v) is 8.38. The van der Waals surface area contributed by atoms with E-state index in [9.17, 15) is 4.79 Å². The molecule has 3 heterocycles. The van der Waals surface area contributed by atoms with Crippen molar-refractivity contribution in [3.8, 4) is 17.0 Å². The number of carbonyl (C=O) groups excluding carboxylic acids is 1. The van der Waals surface area contributed by atoms with Gasteiger partial charge in [-0.3, -0.25) is 9.20 Å². The van der Waals surface area contributed by atoms with E-state index in [2.05, 4.69) is 4.40 Å². The van der Waals surface area contributed by atoms with Crippen molar-refractivity contribution in [2.75, 3.05) is 18.1 Å². The van der Waals surface area contributed by atoms with Crippen molar-refractivity contribution < 1.29 is 9.53 Å². The Bertz CT molecular complexity index is 977. The summed E-state index contributed by atoms with van der Waals surface area (Å²) in [5.74, 6) is 0.691. The quantitative estimate of drug-likeness (QED) is 0.798. The highest BCUT2D eigenvalue weighted by atomic mass is 16.5. The summed E-state index contributed by atoms with van der Waals surface area (Å²) in [4.78, 5) is 18.6. The molecule has 1 aliphatic rings. The highest BCUT2D eigenvalue weighted by Crippen LogP contribution is 2.36. The number of aryl methyl sites for hydroxylation is 1. The zero-order valence-electron chi connectivity index (χ0n) is 14.3. The van der Waals surface area contributed by atoms with Crippen LogP contribution in [0.2, 0.25) is 0 Å². The fourth-order valence-corrected chi connectivity index (χ4v) is 3.44. The first-order valence-electron chi connectivity index (χ1n) is 8.38. The number of hydrogen-bond acceptors (Lipinski definition) is 4. The first kappa shape index (κ1) is 15.7. The van der Waals surface area contributed by atoms with Crippen molar-refractivity contribution >= 4 is 17.2 Å². The number of fused-ring (bicyclic) bond motifs is 2. The minimum atomic E-state index is -0.0305. The summed E-state index contributed by atoms with van der Waals surface area (Å²) in [5.41, 5.74) is 11.5. The topological polar surface area (TPSA) is 72.9 Å². The molecule has 1 amide bonds. The van der Waals surface area contributed by atoms with E-state index in [1.54, 1.807) is 4.90 Å². The lowest BCUT2D eigenvalue weighted by atomic mass is 10.1. The van der Waals surface area contributed by atoms with Crippen molar-refractivity contribution in [3.05, 3.63) is 47.8 Å². The predicted octanol–water partition coefficient (Wildman–Crippen LogP) is 2.51. The number of carbonyl (C=O) groups is 1. The second-order valence-electron chi connectivity index (χ2n) is 6.08. The van der Waals surface area contributed by atoms with E-state index >= 15 is 0 Å². The van der Waals surface area contributed by atoms with Crippen molar-refractivity contribution in [2.24, 2.45) is 5.73 Å². The minimum absolute atomic E-state index is 0.0305. The van der Waals surface area contributed by atoms with Crippen LogP contribution in [-0.4, -0.2) is 28.4 Å². The molecule has 1 aliphatic heterocycles. The Balaban J connectivity index is 1.92. The summed E-state index contributed by atoms with van der Waals surface area (Å²) in [7, 11) is 0. The molecular weight excluding hydrogens is 316 g/mol. The molecule has 0 unspecified atom stereocenters. The molecule has 0 saturated carbocycles. The lowest BCUT2D eigenvalue weighted by Gasteiger charge is -2.28. The molecule has 0 bridgehead atoms. The van der Waals surface area contributed by atoms with Crippen LogP contribution in [0.5, 0.6) is 5.75 Å². The number of hydrogen-bond donors (Lipinski definition) is 1. The second kappa shape index (κ2) is 5.89. The Hall–Kier alpha value is -2.86. The van der Waals surface area contributed by atoms with Crippen LogP contribution in [0.4, 0.5) is 5.69 Å². The molecule has 4 rings (SSSR count). The molecule has 3 aromatic rings. The largest absolute Gasteiger partial charge is 0.482 e. The number of imidazole rings is 1.